The van der Waals surface area contributed by atoms with Crippen LogP contribution in [-0.4, -0.2) is 30.2 Å². The van der Waals surface area contributed by atoms with Crippen LogP contribution in [0.4, 0.5) is 0 Å². The maximum atomic E-state index is 11.2. The molecule has 1 aromatic rings. The summed E-state index contributed by atoms with van der Waals surface area (Å²) in [6, 6.07) is 3.98. The van der Waals surface area contributed by atoms with Crippen LogP contribution in [0, 0.1) is 0 Å². The Morgan fingerprint density at radius 1 is 1.28 bits per heavy atom. The SMILES string of the molecule is COc1ccc(S(N)(=O)=O)cc1CNS(C)(=O)=O. The Bertz CT molecular complexity index is 637. The predicted octanol–water partition coefficient (Wildman–Crippen LogP) is -0.608. The summed E-state index contributed by atoms with van der Waals surface area (Å²) in [5.41, 5.74) is 0.384. The Balaban J connectivity index is 3.15. The summed E-state index contributed by atoms with van der Waals surface area (Å²) in [5.74, 6) is 0.374. The Morgan fingerprint density at radius 2 is 1.89 bits per heavy atom. The number of rotatable bonds is 5. The summed E-state index contributed by atoms with van der Waals surface area (Å²) in [6.07, 6.45) is 1.00. The molecule has 0 saturated heterocycles. The molecule has 0 amide bonds. The Labute approximate surface area is 106 Å². The summed E-state index contributed by atoms with van der Waals surface area (Å²) < 4.78 is 51.6. The lowest BCUT2D eigenvalue weighted by Crippen LogP contribution is -2.22. The van der Waals surface area contributed by atoms with Crippen molar-refractivity contribution in [1.29, 1.82) is 0 Å². The van der Waals surface area contributed by atoms with E-state index < -0.39 is 20.0 Å². The molecule has 0 aromatic heterocycles. The van der Waals surface area contributed by atoms with Crippen LogP contribution in [0.15, 0.2) is 23.1 Å². The third kappa shape index (κ3) is 4.26. The molecule has 0 atom stereocenters. The number of hydrogen-bond acceptors (Lipinski definition) is 5. The second-order valence-electron chi connectivity index (χ2n) is 3.61. The second kappa shape index (κ2) is 5.22. The van der Waals surface area contributed by atoms with E-state index in [9.17, 15) is 16.8 Å². The van der Waals surface area contributed by atoms with E-state index in [1.54, 1.807) is 0 Å². The van der Waals surface area contributed by atoms with Gasteiger partial charge in [-0.25, -0.2) is 26.7 Å². The predicted molar refractivity (Wildman–Crippen MR) is 66.1 cm³/mol. The highest BCUT2D eigenvalue weighted by atomic mass is 32.2. The Hall–Kier alpha value is -1.16. The number of hydrogen-bond donors (Lipinski definition) is 2. The first-order valence-corrected chi connectivity index (χ1v) is 8.21. The van der Waals surface area contributed by atoms with Gasteiger partial charge in [0.1, 0.15) is 5.75 Å². The maximum Gasteiger partial charge on any atom is 0.238 e. The van der Waals surface area contributed by atoms with Gasteiger partial charge < -0.3 is 4.74 Å². The van der Waals surface area contributed by atoms with Gasteiger partial charge in [0.05, 0.1) is 18.3 Å². The van der Waals surface area contributed by atoms with Crippen LogP contribution in [0.3, 0.4) is 0 Å². The van der Waals surface area contributed by atoms with Crippen molar-refractivity contribution in [1.82, 2.24) is 4.72 Å². The van der Waals surface area contributed by atoms with Gasteiger partial charge in [0.2, 0.25) is 20.0 Å². The van der Waals surface area contributed by atoms with Crippen LogP contribution in [0.1, 0.15) is 5.56 Å². The van der Waals surface area contributed by atoms with Crippen LogP contribution in [0.2, 0.25) is 0 Å². The van der Waals surface area contributed by atoms with Crippen LogP contribution < -0.4 is 14.6 Å². The van der Waals surface area contributed by atoms with Crippen molar-refractivity contribution in [3.8, 4) is 5.75 Å². The molecular formula is C9H14N2O5S2. The van der Waals surface area contributed by atoms with Crippen molar-refractivity contribution < 1.29 is 21.6 Å². The quantitative estimate of drug-likeness (QED) is 0.751. The minimum atomic E-state index is -3.84. The van der Waals surface area contributed by atoms with Gasteiger partial charge in [-0.05, 0) is 18.2 Å². The molecule has 0 aliphatic carbocycles. The van der Waals surface area contributed by atoms with Crippen LogP contribution >= 0.6 is 0 Å². The summed E-state index contributed by atoms with van der Waals surface area (Å²) in [5, 5.41) is 4.99. The van der Waals surface area contributed by atoms with Crippen molar-refractivity contribution in [2.24, 2.45) is 5.14 Å². The minimum Gasteiger partial charge on any atom is -0.496 e. The molecule has 0 radical (unpaired) electrons. The van der Waals surface area contributed by atoms with Gasteiger partial charge in [0, 0.05) is 12.1 Å². The highest BCUT2D eigenvalue weighted by Crippen LogP contribution is 2.21. The number of methoxy groups -OCH3 is 1. The number of benzene rings is 1. The topological polar surface area (TPSA) is 116 Å². The normalized spacial score (nSPS) is 12.4. The molecule has 18 heavy (non-hydrogen) atoms. The van der Waals surface area contributed by atoms with Gasteiger partial charge in [0.25, 0.3) is 0 Å². The molecule has 3 N–H and O–H groups in total. The number of primary sulfonamides is 1. The van der Waals surface area contributed by atoms with Gasteiger partial charge in [-0.2, -0.15) is 0 Å². The summed E-state index contributed by atoms with van der Waals surface area (Å²) in [4.78, 5) is -0.103. The Morgan fingerprint density at radius 3 is 2.33 bits per heavy atom. The second-order valence-corrected chi connectivity index (χ2v) is 7.01. The van der Waals surface area contributed by atoms with Gasteiger partial charge in [-0.3, -0.25) is 0 Å². The van der Waals surface area contributed by atoms with E-state index in [1.165, 1.54) is 25.3 Å². The first-order valence-electron chi connectivity index (χ1n) is 4.78. The summed E-state index contributed by atoms with van der Waals surface area (Å²) in [7, 11) is -5.82. The van der Waals surface area contributed by atoms with Crippen molar-refractivity contribution in [2.45, 2.75) is 11.4 Å². The molecule has 0 saturated carbocycles. The van der Waals surface area contributed by atoms with E-state index >= 15 is 0 Å². The van der Waals surface area contributed by atoms with Crippen molar-refractivity contribution in [3.05, 3.63) is 23.8 Å². The zero-order chi connectivity index (χ0) is 14.0. The third-order valence-corrected chi connectivity index (χ3v) is 3.68. The van der Waals surface area contributed by atoms with Crippen LogP contribution in [0.5, 0.6) is 5.75 Å². The minimum absolute atomic E-state index is 0.0780. The lowest BCUT2D eigenvalue weighted by atomic mass is 10.2. The van der Waals surface area contributed by atoms with E-state index in [4.69, 9.17) is 9.88 Å². The highest BCUT2D eigenvalue weighted by molar-refractivity contribution is 7.89. The highest BCUT2D eigenvalue weighted by Gasteiger charge is 2.13. The maximum absolute atomic E-state index is 11.2. The number of ether oxygens (including phenoxy) is 1. The van der Waals surface area contributed by atoms with E-state index in [-0.39, 0.29) is 11.4 Å². The van der Waals surface area contributed by atoms with Crippen molar-refractivity contribution in [3.63, 3.8) is 0 Å². The van der Waals surface area contributed by atoms with Crippen molar-refractivity contribution >= 4 is 20.0 Å². The molecule has 7 nitrogen and oxygen atoms in total. The average molecular weight is 294 g/mol. The first kappa shape index (κ1) is 14.9. The molecule has 0 bridgehead atoms. The fourth-order valence-corrected chi connectivity index (χ4v) is 2.26. The lowest BCUT2D eigenvalue weighted by Gasteiger charge is -2.10. The number of nitrogens with one attached hydrogen (secondary N) is 1. The fourth-order valence-electron chi connectivity index (χ4n) is 1.28. The molecule has 0 heterocycles. The van der Waals surface area contributed by atoms with Gasteiger partial charge in [-0.15, -0.1) is 0 Å². The van der Waals surface area contributed by atoms with Gasteiger partial charge in [-0.1, -0.05) is 0 Å². The fraction of sp³-hybridized carbons (Fsp3) is 0.333. The Kier molecular flexibility index (Phi) is 4.32. The van der Waals surface area contributed by atoms with E-state index in [2.05, 4.69) is 4.72 Å². The molecule has 1 aromatic carbocycles. The molecular weight excluding hydrogens is 280 g/mol. The monoisotopic (exact) mass is 294 g/mol. The third-order valence-electron chi connectivity index (χ3n) is 2.11. The molecule has 0 spiro atoms. The molecule has 102 valence electrons. The smallest absolute Gasteiger partial charge is 0.238 e. The summed E-state index contributed by atoms with van der Waals surface area (Å²) >= 11 is 0. The van der Waals surface area contributed by atoms with Gasteiger partial charge >= 0.3 is 0 Å². The molecule has 1 rings (SSSR count). The zero-order valence-electron chi connectivity index (χ0n) is 9.87. The molecule has 0 unspecified atom stereocenters. The van der Waals surface area contributed by atoms with E-state index in [1.807, 2.05) is 0 Å². The lowest BCUT2D eigenvalue weighted by molar-refractivity contribution is 0.408. The molecule has 0 aliphatic rings. The van der Waals surface area contributed by atoms with E-state index in [0.29, 0.717) is 11.3 Å². The first-order chi connectivity index (χ1) is 8.13. The number of nitrogens with two attached hydrogens (primary N) is 1. The van der Waals surface area contributed by atoms with Crippen molar-refractivity contribution in [2.75, 3.05) is 13.4 Å². The number of sulfonamides is 2. The van der Waals surface area contributed by atoms with Gasteiger partial charge in [0.15, 0.2) is 0 Å². The summed E-state index contributed by atoms with van der Waals surface area (Å²) in [6.45, 7) is -0.0780. The molecule has 0 fully saturated rings. The van der Waals surface area contributed by atoms with Crippen LogP contribution in [0.25, 0.3) is 0 Å². The standard InChI is InChI=1S/C9H14N2O5S2/c1-16-9-4-3-8(18(10,14)15)5-7(9)6-11-17(2,12)13/h3-5,11H,6H2,1-2H3,(H2,10,14,15). The van der Waals surface area contributed by atoms with Crippen LogP contribution in [-0.2, 0) is 26.6 Å². The van der Waals surface area contributed by atoms with E-state index in [0.717, 1.165) is 6.26 Å². The zero-order valence-corrected chi connectivity index (χ0v) is 11.5. The molecule has 0 aliphatic heterocycles. The largest absolute Gasteiger partial charge is 0.496 e. The molecule has 9 heteroatoms. The average Bonchev–Trinajstić information content (AvgIpc) is 2.23.